The first-order valence-corrected chi connectivity index (χ1v) is 9.44. The van der Waals surface area contributed by atoms with Gasteiger partial charge in [0.15, 0.2) is 5.11 Å². The molecule has 0 saturated heterocycles. The molecule has 3 N–H and O–H groups in total. The molecule has 0 spiro atoms. The molecule has 2 rings (SSSR count). The number of halogens is 4. The van der Waals surface area contributed by atoms with Gasteiger partial charge >= 0.3 is 0 Å². The lowest BCUT2D eigenvalue weighted by Crippen LogP contribution is -2.56. The summed E-state index contributed by atoms with van der Waals surface area (Å²) in [7, 11) is 0. The number of thiocarbonyl (C=S) groups is 1. The van der Waals surface area contributed by atoms with Crippen LogP contribution in [0.15, 0.2) is 48.5 Å². The number of nitrogens with one attached hydrogen (secondary N) is 3. The highest BCUT2D eigenvalue weighted by Crippen LogP contribution is 2.29. The Balaban J connectivity index is 2.11. The van der Waals surface area contributed by atoms with Crippen molar-refractivity contribution >= 4 is 81.0 Å². The number of rotatable bonds is 5. The number of hydrogen-bond acceptors (Lipinski definition) is 4. The minimum absolute atomic E-state index is 0.0312. The molecule has 1 amide bonds. The molecule has 0 radical (unpaired) electrons. The number of alkyl halides is 3. The van der Waals surface area contributed by atoms with Crippen LogP contribution in [0, 0.1) is 10.1 Å². The van der Waals surface area contributed by atoms with Crippen molar-refractivity contribution in [2.45, 2.75) is 9.96 Å². The zero-order chi connectivity index (χ0) is 20.9. The highest BCUT2D eigenvalue weighted by molar-refractivity contribution is 7.80. The number of anilines is 1. The van der Waals surface area contributed by atoms with Gasteiger partial charge in [-0.25, -0.2) is 0 Å². The minimum Gasteiger partial charge on any atom is -0.339 e. The van der Waals surface area contributed by atoms with E-state index in [0.29, 0.717) is 5.69 Å². The van der Waals surface area contributed by atoms with E-state index in [9.17, 15) is 14.9 Å². The summed E-state index contributed by atoms with van der Waals surface area (Å²) in [6.45, 7) is 0. The second kappa shape index (κ2) is 9.58. The van der Waals surface area contributed by atoms with E-state index in [4.69, 9.17) is 58.6 Å². The summed E-state index contributed by atoms with van der Waals surface area (Å²) in [6.07, 6.45) is -1.22. The molecule has 148 valence electrons. The smallest absolute Gasteiger partial charge is 0.271 e. The quantitative estimate of drug-likeness (QED) is 0.189. The lowest BCUT2D eigenvalue weighted by molar-refractivity contribution is -0.384. The first-order chi connectivity index (χ1) is 13.1. The Morgan fingerprint density at radius 2 is 1.79 bits per heavy atom. The number of hydrogen-bond donors (Lipinski definition) is 3. The van der Waals surface area contributed by atoms with E-state index in [1.165, 1.54) is 24.3 Å². The predicted molar refractivity (Wildman–Crippen MR) is 115 cm³/mol. The fourth-order valence-electron chi connectivity index (χ4n) is 2.05. The number of carbonyl (C=O) groups excluding carboxylic acids is 1. The average molecular weight is 482 g/mol. The topological polar surface area (TPSA) is 96.3 Å². The molecule has 0 fully saturated rings. The summed E-state index contributed by atoms with van der Waals surface area (Å²) in [4.78, 5) is 22.7. The Labute approximate surface area is 185 Å². The van der Waals surface area contributed by atoms with Gasteiger partial charge < -0.3 is 16.0 Å². The highest BCUT2D eigenvalue weighted by Gasteiger charge is 2.35. The van der Waals surface area contributed by atoms with Gasteiger partial charge in [0.25, 0.3) is 11.6 Å². The van der Waals surface area contributed by atoms with Gasteiger partial charge in [-0.15, -0.1) is 0 Å². The van der Waals surface area contributed by atoms with Gasteiger partial charge in [0.2, 0.25) is 3.79 Å². The molecule has 0 aliphatic heterocycles. The standard InChI is InChI=1S/C16H12Cl4N4O3S/c17-12-7-2-1-6-11(12)13(25)22-14(16(18,19)20)23-15(28)21-9-4-3-5-10(8-9)24(26)27/h1-8,14H,(H,22,25)(H2,21,23,28)/t14-/m1/s1. The monoisotopic (exact) mass is 480 g/mol. The third-order valence-corrected chi connectivity index (χ3v) is 4.52. The van der Waals surface area contributed by atoms with Gasteiger partial charge in [-0.3, -0.25) is 14.9 Å². The molecule has 2 aromatic carbocycles. The van der Waals surface area contributed by atoms with E-state index in [2.05, 4.69) is 16.0 Å². The third kappa shape index (κ3) is 6.35. The second-order valence-electron chi connectivity index (χ2n) is 5.33. The maximum absolute atomic E-state index is 12.4. The predicted octanol–water partition coefficient (Wildman–Crippen LogP) is 4.66. The van der Waals surface area contributed by atoms with Crippen LogP contribution in [-0.2, 0) is 0 Å². The Morgan fingerprint density at radius 1 is 1.11 bits per heavy atom. The van der Waals surface area contributed by atoms with Crippen molar-refractivity contribution in [2.24, 2.45) is 0 Å². The first-order valence-electron chi connectivity index (χ1n) is 7.52. The van der Waals surface area contributed by atoms with Gasteiger partial charge in [0.1, 0.15) is 6.17 Å². The number of benzene rings is 2. The number of carbonyl (C=O) groups is 1. The Kier molecular flexibility index (Phi) is 7.68. The number of nitrogens with zero attached hydrogens (tertiary/aromatic N) is 1. The molecule has 0 bridgehead atoms. The largest absolute Gasteiger partial charge is 0.339 e. The van der Waals surface area contributed by atoms with Crippen LogP contribution in [0.5, 0.6) is 0 Å². The molecule has 7 nitrogen and oxygen atoms in total. The maximum atomic E-state index is 12.4. The number of non-ortho nitro benzene ring substituents is 1. The lowest BCUT2D eigenvalue weighted by Gasteiger charge is -2.28. The van der Waals surface area contributed by atoms with E-state index in [0.717, 1.165) is 0 Å². The van der Waals surface area contributed by atoms with E-state index >= 15 is 0 Å². The number of amides is 1. The van der Waals surface area contributed by atoms with Gasteiger partial charge in [-0.2, -0.15) is 0 Å². The van der Waals surface area contributed by atoms with Crippen LogP contribution in [0.3, 0.4) is 0 Å². The summed E-state index contributed by atoms with van der Waals surface area (Å²) in [5.41, 5.74) is 0.396. The molecule has 0 saturated carbocycles. The van der Waals surface area contributed by atoms with Crippen LogP contribution >= 0.6 is 58.6 Å². The van der Waals surface area contributed by atoms with E-state index in [1.54, 1.807) is 24.3 Å². The van der Waals surface area contributed by atoms with E-state index in [-0.39, 0.29) is 21.4 Å². The van der Waals surface area contributed by atoms with Crippen LogP contribution in [0.4, 0.5) is 11.4 Å². The zero-order valence-electron chi connectivity index (χ0n) is 13.8. The summed E-state index contributed by atoms with van der Waals surface area (Å²) < 4.78 is -1.97. The van der Waals surface area contributed by atoms with E-state index < -0.39 is 20.8 Å². The molecule has 0 aliphatic carbocycles. The van der Waals surface area contributed by atoms with Crippen molar-refractivity contribution in [3.8, 4) is 0 Å². The van der Waals surface area contributed by atoms with Crippen molar-refractivity contribution in [3.05, 3.63) is 69.2 Å². The summed E-state index contributed by atoms with van der Waals surface area (Å²) >= 11 is 28.9. The Bertz CT molecular complexity index is 907. The van der Waals surface area contributed by atoms with Crippen LogP contribution in [0.1, 0.15) is 10.4 Å². The van der Waals surface area contributed by atoms with Gasteiger partial charge in [0.05, 0.1) is 15.5 Å². The third-order valence-electron chi connectivity index (χ3n) is 3.31. The summed E-state index contributed by atoms with van der Waals surface area (Å²) in [5, 5.41) is 18.9. The fraction of sp³-hybridized carbons (Fsp3) is 0.125. The van der Waals surface area contributed by atoms with Crippen molar-refractivity contribution < 1.29 is 9.72 Å². The van der Waals surface area contributed by atoms with Crippen LogP contribution in [0.25, 0.3) is 0 Å². The Morgan fingerprint density at radius 3 is 2.39 bits per heavy atom. The molecule has 2 aromatic rings. The van der Waals surface area contributed by atoms with Crippen molar-refractivity contribution in [2.75, 3.05) is 5.32 Å². The molecule has 0 unspecified atom stereocenters. The van der Waals surface area contributed by atoms with Crippen LogP contribution < -0.4 is 16.0 Å². The number of nitro benzene ring substituents is 1. The first kappa shape index (κ1) is 22.4. The second-order valence-corrected chi connectivity index (χ2v) is 8.52. The minimum atomic E-state index is -1.97. The lowest BCUT2D eigenvalue weighted by atomic mass is 10.2. The molecule has 0 heterocycles. The Hall–Kier alpha value is -1.84. The molecule has 0 aliphatic rings. The SMILES string of the molecule is O=C(N[C@H](NC(=S)Nc1cccc([N+](=O)[O-])c1)C(Cl)(Cl)Cl)c1ccccc1Cl. The van der Waals surface area contributed by atoms with Gasteiger partial charge in [0, 0.05) is 17.8 Å². The van der Waals surface area contributed by atoms with Crippen LogP contribution in [0.2, 0.25) is 5.02 Å². The highest BCUT2D eigenvalue weighted by atomic mass is 35.6. The van der Waals surface area contributed by atoms with Gasteiger partial charge in [-0.05, 0) is 30.4 Å². The van der Waals surface area contributed by atoms with E-state index in [1.807, 2.05) is 0 Å². The zero-order valence-corrected chi connectivity index (χ0v) is 17.6. The number of nitro groups is 1. The van der Waals surface area contributed by atoms with Crippen LogP contribution in [-0.4, -0.2) is 25.9 Å². The fourth-order valence-corrected chi connectivity index (χ4v) is 2.83. The maximum Gasteiger partial charge on any atom is 0.271 e. The molecule has 0 aromatic heterocycles. The molecule has 1 atom stereocenters. The molecule has 12 heteroatoms. The van der Waals surface area contributed by atoms with Crippen molar-refractivity contribution in [1.82, 2.24) is 10.6 Å². The summed E-state index contributed by atoms with van der Waals surface area (Å²) in [5.74, 6) is -0.590. The van der Waals surface area contributed by atoms with Gasteiger partial charge in [-0.1, -0.05) is 64.6 Å². The molecular formula is C16H12Cl4N4O3S. The molecular weight excluding hydrogens is 470 g/mol. The molecule has 28 heavy (non-hydrogen) atoms. The van der Waals surface area contributed by atoms with Crippen molar-refractivity contribution in [1.29, 1.82) is 0 Å². The normalized spacial score (nSPS) is 12.0. The summed E-state index contributed by atoms with van der Waals surface area (Å²) in [6, 6.07) is 12.0. The van der Waals surface area contributed by atoms with Crippen molar-refractivity contribution in [3.63, 3.8) is 0 Å². The average Bonchev–Trinajstić information content (AvgIpc) is 2.60.